The van der Waals surface area contributed by atoms with Gasteiger partial charge in [-0.25, -0.2) is 0 Å². The Balaban J connectivity index is 2.64. The van der Waals surface area contributed by atoms with Gasteiger partial charge in [0.15, 0.2) is 5.92 Å². The summed E-state index contributed by atoms with van der Waals surface area (Å²) < 4.78 is 10.1. The van der Waals surface area contributed by atoms with Gasteiger partial charge in [-0.3, -0.25) is 9.59 Å². The minimum absolute atomic E-state index is 0.0845. The van der Waals surface area contributed by atoms with Crippen molar-refractivity contribution in [3.05, 3.63) is 0 Å². The molecule has 4 heteroatoms. The fourth-order valence-corrected chi connectivity index (χ4v) is 3.16. The summed E-state index contributed by atoms with van der Waals surface area (Å²) in [5.41, 5.74) is 0. The van der Waals surface area contributed by atoms with Crippen LogP contribution in [0.1, 0.15) is 59.3 Å². The fraction of sp³-hybridized carbons (Fsp3) is 0.875. The van der Waals surface area contributed by atoms with E-state index in [1.807, 2.05) is 0 Å². The minimum atomic E-state index is -0.725. The zero-order valence-electron chi connectivity index (χ0n) is 13.0. The van der Waals surface area contributed by atoms with Crippen LogP contribution in [0, 0.1) is 17.8 Å². The molecule has 0 aromatic heterocycles. The van der Waals surface area contributed by atoms with E-state index in [0.29, 0.717) is 13.2 Å². The van der Waals surface area contributed by atoms with Crippen LogP contribution in [0.25, 0.3) is 0 Å². The lowest BCUT2D eigenvalue weighted by Crippen LogP contribution is -2.36. The first-order valence-corrected chi connectivity index (χ1v) is 7.97. The van der Waals surface area contributed by atoms with Crippen molar-refractivity contribution in [2.45, 2.75) is 59.3 Å². The van der Waals surface area contributed by atoms with Gasteiger partial charge < -0.3 is 9.47 Å². The summed E-state index contributed by atoms with van der Waals surface area (Å²) in [5.74, 6) is -0.713. The van der Waals surface area contributed by atoms with Crippen molar-refractivity contribution in [3.63, 3.8) is 0 Å². The molecule has 0 amide bonds. The monoisotopic (exact) mass is 284 g/mol. The topological polar surface area (TPSA) is 52.6 Å². The number of carbonyl (C=O) groups excluding carboxylic acids is 2. The number of esters is 2. The molecule has 0 aromatic rings. The summed E-state index contributed by atoms with van der Waals surface area (Å²) in [6, 6.07) is 0. The third-order valence-corrected chi connectivity index (χ3v) is 4.14. The molecule has 0 radical (unpaired) electrons. The lowest BCUT2D eigenvalue weighted by molar-refractivity contribution is -0.165. The fourth-order valence-electron chi connectivity index (χ4n) is 3.16. The molecule has 0 bridgehead atoms. The van der Waals surface area contributed by atoms with Gasteiger partial charge in [0.05, 0.1) is 13.2 Å². The molecule has 0 aromatic carbocycles. The smallest absolute Gasteiger partial charge is 0.320 e. The number of hydrogen-bond acceptors (Lipinski definition) is 4. The van der Waals surface area contributed by atoms with Crippen LogP contribution in [-0.4, -0.2) is 25.2 Å². The summed E-state index contributed by atoms with van der Waals surface area (Å²) in [6.07, 6.45) is 6.51. The molecule has 0 unspecified atom stereocenters. The molecule has 1 saturated carbocycles. The van der Waals surface area contributed by atoms with Crippen molar-refractivity contribution >= 4 is 11.9 Å². The predicted octanol–water partition coefficient (Wildman–Crippen LogP) is 3.34. The zero-order valence-corrected chi connectivity index (χ0v) is 13.0. The first kappa shape index (κ1) is 17.0. The van der Waals surface area contributed by atoms with Gasteiger partial charge in [-0.05, 0) is 38.5 Å². The molecular formula is C16H28O4. The summed E-state index contributed by atoms with van der Waals surface area (Å²) in [5, 5.41) is 0. The van der Waals surface area contributed by atoms with Crippen LogP contribution in [0.2, 0.25) is 0 Å². The predicted molar refractivity (Wildman–Crippen MR) is 77.1 cm³/mol. The lowest BCUT2D eigenvalue weighted by atomic mass is 9.74. The first-order chi connectivity index (χ1) is 9.63. The molecule has 1 fully saturated rings. The average molecular weight is 284 g/mol. The molecule has 1 aliphatic rings. The molecule has 0 atom stereocenters. The van der Waals surface area contributed by atoms with Crippen LogP contribution in [0.15, 0.2) is 0 Å². The molecule has 4 nitrogen and oxygen atoms in total. The van der Waals surface area contributed by atoms with Crippen LogP contribution in [0.5, 0.6) is 0 Å². The van der Waals surface area contributed by atoms with Crippen LogP contribution < -0.4 is 0 Å². The second kappa shape index (κ2) is 8.98. The van der Waals surface area contributed by atoms with Crippen molar-refractivity contribution in [3.8, 4) is 0 Å². The minimum Gasteiger partial charge on any atom is -0.465 e. The summed E-state index contributed by atoms with van der Waals surface area (Å²) >= 11 is 0. The maximum atomic E-state index is 12.0. The summed E-state index contributed by atoms with van der Waals surface area (Å²) in [4.78, 5) is 24.1. The maximum Gasteiger partial charge on any atom is 0.320 e. The van der Waals surface area contributed by atoms with Gasteiger partial charge in [0.1, 0.15) is 0 Å². The quantitative estimate of drug-likeness (QED) is 0.531. The van der Waals surface area contributed by atoms with E-state index >= 15 is 0 Å². The molecule has 0 aliphatic heterocycles. The van der Waals surface area contributed by atoms with E-state index in [1.54, 1.807) is 13.8 Å². The van der Waals surface area contributed by atoms with E-state index in [4.69, 9.17) is 9.47 Å². The number of rotatable bonds is 7. The van der Waals surface area contributed by atoms with Gasteiger partial charge in [0.25, 0.3) is 0 Å². The first-order valence-electron chi connectivity index (χ1n) is 7.97. The lowest BCUT2D eigenvalue weighted by Gasteiger charge is -2.31. The molecule has 0 N–H and O–H groups in total. The Hall–Kier alpha value is -1.06. The summed E-state index contributed by atoms with van der Waals surface area (Å²) in [7, 11) is 0. The highest BCUT2D eigenvalue weighted by atomic mass is 16.6. The highest BCUT2D eigenvalue weighted by Crippen LogP contribution is 2.36. The largest absolute Gasteiger partial charge is 0.465 e. The molecular weight excluding hydrogens is 256 g/mol. The Morgan fingerprint density at radius 3 is 1.85 bits per heavy atom. The second-order valence-corrected chi connectivity index (χ2v) is 5.55. The molecule has 20 heavy (non-hydrogen) atoms. The zero-order chi connectivity index (χ0) is 15.0. The third kappa shape index (κ3) is 4.80. The average Bonchev–Trinajstić information content (AvgIpc) is 2.42. The van der Waals surface area contributed by atoms with E-state index < -0.39 is 17.9 Å². The van der Waals surface area contributed by atoms with Crippen molar-refractivity contribution in [2.75, 3.05) is 13.2 Å². The van der Waals surface area contributed by atoms with E-state index in [0.717, 1.165) is 31.6 Å². The third-order valence-electron chi connectivity index (χ3n) is 4.14. The normalized spacial score (nSPS) is 22.6. The highest BCUT2D eigenvalue weighted by Gasteiger charge is 2.39. The van der Waals surface area contributed by atoms with Gasteiger partial charge >= 0.3 is 11.9 Å². The van der Waals surface area contributed by atoms with Crippen molar-refractivity contribution < 1.29 is 19.1 Å². The van der Waals surface area contributed by atoms with Gasteiger partial charge in [0.2, 0.25) is 0 Å². The standard InChI is InChI=1S/C16H28O4/c1-4-7-12-8-10-13(11-9-12)14(15(17)19-5-2)16(18)20-6-3/h12-14H,4-11H2,1-3H3. The number of carbonyl (C=O) groups is 2. The Morgan fingerprint density at radius 2 is 1.45 bits per heavy atom. The Morgan fingerprint density at radius 1 is 0.950 bits per heavy atom. The van der Waals surface area contributed by atoms with Crippen molar-refractivity contribution in [2.24, 2.45) is 17.8 Å². The Labute approximate surface area is 122 Å². The van der Waals surface area contributed by atoms with Gasteiger partial charge in [-0.1, -0.05) is 32.6 Å². The number of ether oxygens (including phenoxy) is 2. The molecule has 0 saturated heterocycles. The van der Waals surface area contributed by atoms with E-state index in [1.165, 1.54) is 12.8 Å². The SMILES string of the molecule is CCCC1CCC(C(C(=O)OCC)C(=O)OCC)CC1. The van der Waals surface area contributed by atoms with Gasteiger partial charge in [-0.2, -0.15) is 0 Å². The Kier molecular flexibility index (Phi) is 7.63. The van der Waals surface area contributed by atoms with Crippen LogP contribution in [0.4, 0.5) is 0 Å². The van der Waals surface area contributed by atoms with Crippen LogP contribution in [-0.2, 0) is 19.1 Å². The molecule has 0 spiro atoms. The van der Waals surface area contributed by atoms with Crippen LogP contribution >= 0.6 is 0 Å². The van der Waals surface area contributed by atoms with Crippen molar-refractivity contribution in [1.82, 2.24) is 0 Å². The van der Waals surface area contributed by atoms with Crippen LogP contribution in [0.3, 0.4) is 0 Å². The molecule has 116 valence electrons. The maximum absolute atomic E-state index is 12.0. The molecule has 1 aliphatic carbocycles. The van der Waals surface area contributed by atoms with Gasteiger partial charge in [0, 0.05) is 0 Å². The Bertz CT molecular complexity index is 288. The van der Waals surface area contributed by atoms with E-state index in [-0.39, 0.29) is 5.92 Å². The second-order valence-electron chi connectivity index (χ2n) is 5.55. The van der Waals surface area contributed by atoms with Crippen molar-refractivity contribution in [1.29, 1.82) is 0 Å². The van der Waals surface area contributed by atoms with E-state index in [9.17, 15) is 9.59 Å². The molecule has 0 heterocycles. The highest BCUT2D eigenvalue weighted by molar-refractivity contribution is 5.95. The van der Waals surface area contributed by atoms with E-state index in [2.05, 4.69) is 6.92 Å². The van der Waals surface area contributed by atoms with Gasteiger partial charge in [-0.15, -0.1) is 0 Å². The molecule has 1 rings (SSSR count). The number of hydrogen-bond donors (Lipinski definition) is 0. The summed E-state index contributed by atoms with van der Waals surface area (Å²) in [6.45, 7) is 6.34.